The number of nitrogens with zero attached hydrogens (tertiary/aromatic N) is 2. The fourth-order valence-corrected chi connectivity index (χ4v) is 2.12. The number of carbonyl (C=O) groups excluding carboxylic acids is 1. The van der Waals surface area contributed by atoms with E-state index in [0.29, 0.717) is 5.56 Å². The molecule has 0 bridgehead atoms. The lowest BCUT2D eigenvalue weighted by Gasteiger charge is -2.12. The van der Waals surface area contributed by atoms with Gasteiger partial charge in [0, 0.05) is 11.6 Å². The fourth-order valence-electron chi connectivity index (χ4n) is 2.12. The molecule has 0 radical (unpaired) electrons. The summed E-state index contributed by atoms with van der Waals surface area (Å²) in [7, 11) is 1.38. The van der Waals surface area contributed by atoms with Gasteiger partial charge in [0.1, 0.15) is 11.8 Å². The first-order valence-electron chi connectivity index (χ1n) is 6.51. The van der Waals surface area contributed by atoms with Crippen LogP contribution in [0.4, 0.5) is 5.69 Å². The molecule has 0 aliphatic heterocycles. The molecule has 7 heteroatoms. The summed E-state index contributed by atoms with van der Waals surface area (Å²) in [5.74, 6) is -0.0505. The molecule has 110 valence electrons. The van der Waals surface area contributed by atoms with Gasteiger partial charge in [-0.3, -0.25) is 14.9 Å². The number of nitrogens with one attached hydrogen (secondary N) is 1. The predicted molar refractivity (Wildman–Crippen MR) is 74.0 cm³/mol. The molecule has 1 N–H and O–H groups in total. The Morgan fingerprint density at radius 2 is 2.24 bits per heavy atom. The zero-order chi connectivity index (χ0) is 15.6. The van der Waals surface area contributed by atoms with Crippen molar-refractivity contribution in [3.05, 3.63) is 33.4 Å². The third-order valence-corrected chi connectivity index (χ3v) is 3.53. The summed E-state index contributed by atoms with van der Waals surface area (Å²) in [6, 6.07) is 4.14. The number of nitro groups is 1. The van der Waals surface area contributed by atoms with Crippen molar-refractivity contribution in [2.45, 2.75) is 25.8 Å². The summed E-state index contributed by atoms with van der Waals surface area (Å²) in [6.07, 6.45) is 1.83. The quantitative estimate of drug-likeness (QED) is 0.658. The number of methoxy groups -OCH3 is 1. The van der Waals surface area contributed by atoms with E-state index in [1.807, 2.05) is 6.07 Å². The summed E-state index contributed by atoms with van der Waals surface area (Å²) in [5.41, 5.74) is 0.294. The second-order valence-electron chi connectivity index (χ2n) is 5.00. The SMILES string of the molecule is COc1cc(C(=O)N[C@@H](C#N)C2CC2)cc([N+](=O)[O-])c1C. The third-order valence-electron chi connectivity index (χ3n) is 3.53. The zero-order valence-corrected chi connectivity index (χ0v) is 11.8. The number of amides is 1. The number of carbonyl (C=O) groups is 1. The van der Waals surface area contributed by atoms with Crippen LogP contribution in [0, 0.1) is 34.3 Å². The molecule has 0 unspecified atom stereocenters. The molecular weight excluding hydrogens is 274 g/mol. The number of benzene rings is 1. The third kappa shape index (κ3) is 3.11. The van der Waals surface area contributed by atoms with Gasteiger partial charge in [-0.25, -0.2) is 0 Å². The molecule has 2 rings (SSSR count). The van der Waals surface area contributed by atoms with Crippen LogP contribution >= 0.6 is 0 Å². The molecule has 1 saturated carbocycles. The van der Waals surface area contributed by atoms with Crippen molar-refractivity contribution in [2.24, 2.45) is 5.92 Å². The van der Waals surface area contributed by atoms with Gasteiger partial charge in [0.15, 0.2) is 0 Å². The first kappa shape index (κ1) is 14.8. The van der Waals surface area contributed by atoms with Gasteiger partial charge in [-0.1, -0.05) is 0 Å². The van der Waals surface area contributed by atoms with E-state index in [1.54, 1.807) is 6.92 Å². The van der Waals surface area contributed by atoms with Gasteiger partial charge in [0.05, 0.1) is 23.7 Å². The lowest BCUT2D eigenvalue weighted by molar-refractivity contribution is -0.385. The average Bonchev–Trinajstić information content (AvgIpc) is 3.28. The normalized spacial score (nSPS) is 14.9. The number of hydrogen-bond donors (Lipinski definition) is 1. The second-order valence-corrected chi connectivity index (χ2v) is 5.00. The molecule has 1 aromatic carbocycles. The minimum atomic E-state index is -0.558. The van der Waals surface area contributed by atoms with Crippen molar-refractivity contribution in [1.82, 2.24) is 5.32 Å². The Bertz CT molecular complexity index is 632. The first-order chi connectivity index (χ1) is 9.97. The van der Waals surface area contributed by atoms with Crippen molar-refractivity contribution in [2.75, 3.05) is 7.11 Å². The van der Waals surface area contributed by atoms with E-state index in [-0.39, 0.29) is 22.9 Å². The number of nitriles is 1. The Hall–Kier alpha value is -2.62. The first-order valence-corrected chi connectivity index (χ1v) is 6.51. The minimum absolute atomic E-state index is 0.116. The lowest BCUT2D eigenvalue weighted by Crippen LogP contribution is -2.35. The van der Waals surface area contributed by atoms with Gasteiger partial charge in [0.2, 0.25) is 0 Å². The smallest absolute Gasteiger partial charge is 0.276 e. The average molecular weight is 289 g/mol. The van der Waals surface area contributed by atoms with Crippen LogP contribution in [0.2, 0.25) is 0 Å². The van der Waals surface area contributed by atoms with Gasteiger partial charge in [-0.2, -0.15) is 5.26 Å². The lowest BCUT2D eigenvalue weighted by atomic mass is 10.1. The van der Waals surface area contributed by atoms with Crippen molar-refractivity contribution < 1.29 is 14.5 Å². The van der Waals surface area contributed by atoms with Gasteiger partial charge < -0.3 is 10.1 Å². The Labute approximate surface area is 121 Å². The number of nitro benzene ring substituents is 1. The predicted octanol–water partition coefficient (Wildman–Crippen LogP) is 1.94. The van der Waals surface area contributed by atoms with Crippen LogP contribution in [0.15, 0.2) is 12.1 Å². The van der Waals surface area contributed by atoms with Crippen molar-refractivity contribution in [3.8, 4) is 11.8 Å². The molecule has 1 atom stereocenters. The van der Waals surface area contributed by atoms with E-state index in [9.17, 15) is 14.9 Å². The summed E-state index contributed by atoms with van der Waals surface area (Å²) in [4.78, 5) is 22.6. The van der Waals surface area contributed by atoms with E-state index >= 15 is 0 Å². The molecule has 1 aliphatic carbocycles. The molecule has 1 aromatic rings. The van der Waals surface area contributed by atoms with Gasteiger partial charge in [-0.05, 0) is 31.7 Å². The van der Waals surface area contributed by atoms with Crippen LogP contribution in [-0.4, -0.2) is 24.0 Å². The molecule has 0 heterocycles. The van der Waals surface area contributed by atoms with Crippen molar-refractivity contribution >= 4 is 11.6 Å². The maximum atomic E-state index is 12.2. The molecular formula is C14H15N3O4. The standard InChI is InChI=1S/C14H15N3O4/c1-8-12(17(19)20)5-10(6-13(8)21-2)14(18)16-11(7-15)9-3-4-9/h5-6,9,11H,3-4H2,1-2H3,(H,16,18)/t11-/m0/s1. The van der Waals surface area contributed by atoms with Crippen LogP contribution < -0.4 is 10.1 Å². The van der Waals surface area contributed by atoms with E-state index < -0.39 is 16.9 Å². The van der Waals surface area contributed by atoms with Crippen molar-refractivity contribution in [3.63, 3.8) is 0 Å². The van der Waals surface area contributed by atoms with E-state index in [1.165, 1.54) is 19.2 Å². The van der Waals surface area contributed by atoms with E-state index in [2.05, 4.69) is 5.32 Å². The monoisotopic (exact) mass is 289 g/mol. The minimum Gasteiger partial charge on any atom is -0.496 e. The van der Waals surface area contributed by atoms with Crippen LogP contribution in [0.1, 0.15) is 28.8 Å². The number of rotatable bonds is 5. The summed E-state index contributed by atoms with van der Waals surface area (Å²) < 4.78 is 5.07. The Morgan fingerprint density at radius 3 is 2.71 bits per heavy atom. The van der Waals surface area contributed by atoms with Crippen LogP contribution in [-0.2, 0) is 0 Å². The molecule has 0 spiro atoms. The Kier molecular flexibility index (Phi) is 4.08. The molecule has 1 fully saturated rings. The Morgan fingerprint density at radius 1 is 1.57 bits per heavy atom. The van der Waals surface area contributed by atoms with Crippen LogP contribution in [0.3, 0.4) is 0 Å². The highest BCUT2D eigenvalue weighted by Gasteiger charge is 2.33. The van der Waals surface area contributed by atoms with Crippen LogP contribution in [0.5, 0.6) is 5.75 Å². The number of ether oxygens (including phenoxy) is 1. The molecule has 0 aromatic heterocycles. The molecule has 21 heavy (non-hydrogen) atoms. The summed E-state index contributed by atoms with van der Waals surface area (Å²) >= 11 is 0. The van der Waals surface area contributed by atoms with Crippen LogP contribution in [0.25, 0.3) is 0 Å². The topological polar surface area (TPSA) is 105 Å². The van der Waals surface area contributed by atoms with Gasteiger partial charge >= 0.3 is 0 Å². The summed E-state index contributed by atoms with van der Waals surface area (Å²) in [5, 5.41) is 22.7. The maximum Gasteiger partial charge on any atom is 0.276 e. The fraction of sp³-hybridized carbons (Fsp3) is 0.429. The Balaban J connectivity index is 2.30. The molecule has 0 saturated heterocycles. The highest BCUT2D eigenvalue weighted by atomic mass is 16.6. The molecule has 7 nitrogen and oxygen atoms in total. The molecule has 1 aliphatic rings. The second kappa shape index (κ2) is 5.79. The zero-order valence-electron chi connectivity index (χ0n) is 11.8. The van der Waals surface area contributed by atoms with Gasteiger partial charge in [0.25, 0.3) is 11.6 Å². The molecule has 1 amide bonds. The highest BCUT2D eigenvalue weighted by Crippen LogP contribution is 2.33. The van der Waals surface area contributed by atoms with Crippen molar-refractivity contribution in [1.29, 1.82) is 5.26 Å². The largest absolute Gasteiger partial charge is 0.496 e. The number of hydrogen-bond acceptors (Lipinski definition) is 5. The van der Waals surface area contributed by atoms with E-state index in [0.717, 1.165) is 12.8 Å². The maximum absolute atomic E-state index is 12.2. The highest BCUT2D eigenvalue weighted by molar-refractivity contribution is 5.96. The van der Waals surface area contributed by atoms with Gasteiger partial charge in [-0.15, -0.1) is 0 Å². The van der Waals surface area contributed by atoms with E-state index in [4.69, 9.17) is 10.00 Å². The summed E-state index contributed by atoms with van der Waals surface area (Å²) in [6.45, 7) is 1.56.